The van der Waals surface area contributed by atoms with Gasteiger partial charge in [0.15, 0.2) is 0 Å². The highest BCUT2D eigenvalue weighted by molar-refractivity contribution is 5.34. The first-order chi connectivity index (χ1) is 10.1. The molecule has 1 saturated heterocycles. The molecular formula is C17H28N2O2. The molecule has 1 aromatic rings. The van der Waals surface area contributed by atoms with Gasteiger partial charge < -0.3 is 9.47 Å². The molecule has 0 amide bonds. The van der Waals surface area contributed by atoms with Crippen LogP contribution in [0.5, 0.6) is 0 Å². The molecule has 1 fully saturated rings. The fourth-order valence-corrected chi connectivity index (χ4v) is 3.37. The minimum Gasteiger partial charge on any atom is -0.381 e. The highest BCUT2D eigenvalue weighted by Gasteiger charge is 2.41. The standard InChI is InChI=1S/C17H28N2O2/c1-4-21-17(8-10-20-11-9-17)16(19-18)12-15-13(2)6-5-7-14(15)3/h5-7,16,19H,4,8-12,18H2,1-3H3. The molecule has 118 valence electrons. The second kappa shape index (κ2) is 7.36. The first kappa shape index (κ1) is 16.4. The van der Waals surface area contributed by atoms with Crippen molar-refractivity contribution in [2.24, 2.45) is 5.84 Å². The maximum atomic E-state index is 6.15. The molecule has 0 bridgehead atoms. The van der Waals surface area contributed by atoms with Crippen LogP contribution in [0, 0.1) is 13.8 Å². The average molecular weight is 292 g/mol. The molecule has 1 unspecified atom stereocenters. The number of hydrazine groups is 1. The van der Waals surface area contributed by atoms with Crippen LogP contribution in [0.25, 0.3) is 0 Å². The summed E-state index contributed by atoms with van der Waals surface area (Å²) >= 11 is 0. The fraction of sp³-hybridized carbons (Fsp3) is 0.647. The van der Waals surface area contributed by atoms with Crippen LogP contribution >= 0.6 is 0 Å². The van der Waals surface area contributed by atoms with Crippen LogP contribution in [0.3, 0.4) is 0 Å². The van der Waals surface area contributed by atoms with Crippen LogP contribution in [0.15, 0.2) is 18.2 Å². The molecule has 0 radical (unpaired) electrons. The second-order valence-corrected chi connectivity index (χ2v) is 5.90. The van der Waals surface area contributed by atoms with Crippen LogP contribution in [0.4, 0.5) is 0 Å². The van der Waals surface area contributed by atoms with Crippen LogP contribution in [0.1, 0.15) is 36.5 Å². The molecule has 1 aromatic carbocycles. The highest BCUT2D eigenvalue weighted by Crippen LogP contribution is 2.31. The van der Waals surface area contributed by atoms with E-state index >= 15 is 0 Å². The van der Waals surface area contributed by atoms with Gasteiger partial charge in [-0.1, -0.05) is 18.2 Å². The Kier molecular flexibility index (Phi) is 5.76. The van der Waals surface area contributed by atoms with Crippen molar-refractivity contribution in [2.45, 2.75) is 51.7 Å². The SMILES string of the molecule is CCOC1(C(Cc2c(C)cccc2C)NN)CCOCC1. The Balaban J connectivity index is 2.24. The van der Waals surface area contributed by atoms with Gasteiger partial charge in [-0.15, -0.1) is 0 Å². The van der Waals surface area contributed by atoms with E-state index in [-0.39, 0.29) is 11.6 Å². The van der Waals surface area contributed by atoms with Crippen LogP contribution in [-0.4, -0.2) is 31.5 Å². The van der Waals surface area contributed by atoms with Gasteiger partial charge in [-0.2, -0.15) is 0 Å². The van der Waals surface area contributed by atoms with E-state index in [0.717, 1.165) is 32.5 Å². The van der Waals surface area contributed by atoms with Gasteiger partial charge in [0.25, 0.3) is 0 Å². The quantitative estimate of drug-likeness (QED) is 0.624. The largest absolute Gasteiger partial charge is 0.381 e. The van der Waals surface area contributed by atoms with E-state index in [4.69, 9.17) is 15.3 Å². The van der Waals surface area contributed by atoms with Gasteiger partial charge in [-0.3, -0.25) is 11.3 Å². The third kappa shape index (κ3) is 3.64. The molecular weight excluding hydrogens is 264 g/mol. The van der Waals surface area contributed by atoms with E-state index in [1.807, 2.05) is 6.92 Å². The van der Waals surface area contributed by atoms with Gasteiger partial charge in [0.1, 0.15) is 0 Å². The van der Waals surface area contributed by atoms with Crippen LogP contribution in [-0.2, 0) is 15.9 Å². The number of hydrogen-bond acceptors (Lipinski definition) is 4. The topological polar surface area (TPSA) is 56.5 Å². The average Bonchev–Trinajstić information content (AvgIpc) is 2.48. The molecule has 1 aliphatic heterocycles. The summed E-state index contributed by atoms with van der Waals surface area (Å²) in [6, 6.07) is 6.52. The Bertz CT molecular complexity index is 430. The van der Waals surface area contributed by atoms with E-state index in [2.05, 4.69) is 37.5 Å². The third-order valence-electron chi connectivity index (χ3n) is 4.66. The molecule has 4 nitrogen and oxygen atoms in total. The maximum absolute atomic E-state index is 6.15. The summed E-state index contributed by atoms with van der Waals surface area (Å²) in [5.74, 6) is 5.90. The molecule has 21 heavy (non-hydrogen) atoms. The number of benzene rings is 1. The Morgan fingerprint density at radius 1 is 1.29 bits per heavy atom. The summed E-state index contributed by atoms with van der Waals surface area (Å²) < 4.78 is 11.7. The molecule has 0 aliphatic carbocycles. The van der Waals surface area contributed by atoms with Gasteiger partial charge in [0.05, 0.1) is 11.6 Å². The Morgan fingerprint density at radius 2 is 1.90 bits per heavy atom. The van der Waals surface area contributed by atoms with Crippen molar-refractivity contribution in [2.75, 3.05) is 19.8 Å². The Labute approximate surface area is 128 Å². The smallest absolute Gasteiger partial charge is 0.0895 e. The Hall–Kier alpha value is -0.940. The molecule has 1 aliphatic rings. The van der Waals surface area contributed by atoms with Crippen molar-refractivity contribution in [3.8, 4) is 0 Å². The van der Waals surface area contributed by atoms with Crippen molar-refractivity contribution >= 4 is 0 Å². The first-order valence-corrected chi connectivity index (χ1v) is 7.86. The summed E-state index contributed by atoms with van der Waals surface area (Å²) in [4.78, 5) is 0. The molecule has 0 aromatic heterocycles. The second-order valence-electron chi connectivity index (χ2n) is 5.90. The van der Waals surface area contributed by atoms with E-state index in [0.29, 0.717) is 6.61 Å². The monoisotopic (exact) mass is 292 g/mol. The zero-order valence-corrected chi connectivity index (χ0v) is 13.4. The van der Waals surface area contributed by atoms with Gasteiger partial charge in [-0.05, 0) is 43.9 Å². The normalized spacial score (nSPS) is 19.4. The van der Waals surface area contributed by atoms with Crippen LogP contribution < -0.4 is 11.3 Å². The predicted octanol–water partition coefficient (Wildman–Crippen LogP) is 2.26. The van der Waals surface area contributed by atoms with Crippen molar-refractivity contribution in [1.82, 2.24) is 5.43 Å². The van der Waals surface area contributed by atoms with Crippen LogP contribution in [0.2, 0.25) is 0 Å². The van der Waals surface area contributed by atoms with E-state index in [1.165, 1.54) is 16.7 Å². The molecule has 1 heterocycles. The van der Waals surface area contributed by atoms with Crippen molar-refractivity contribution in [3.05, 3.63) is 34.9 Å². The van der Waals surface area contributed by atoms with Gasteiger partial charge in [-0.25, -0.2) is 0 Å². The molecule has 3 N–H and O–H groups in total. The number of nitrogens with one attached hydrogen (secondary N) is 1. The van der Waals surface area contributed by atoms with Crippen molar-refractivity contribution in [3.63, 3.8) is 0 Å². The number of nitrogens with two attached hydrogens (primary N) is 1. The highest BCUT2D eigenvalue weighted by atomic mass is 16.5. The lowest BCUT2D eigenvalue weighted by atomic mass is 9.81. The summed E-state index contributed by atoms with van der Waals surface area (Å²) in [6.07, 6.45) is 2.66. The third-order valence-corrected chi connectivity index (χ3v) is 4.66. The predicted molar refractivity (Wildman–Crippen MR) is 85.1 cm³/mol. The zero-order valence-electron chi connectivity index (χ0n) is 13.4. The molecule has 0 saturated carbocycles. The lowest BCUT2D eigenvalue weighted by Crippen LogP contribution is -2.58. The summed E-state index contributed by atoms with van der Waals surface area (Å²) in [6.45, 7) is 8.55. The van der Waals surface area contributed by atoms with Crippen molar-refractivity contribution in [1.29, 1.82) is 0 Å². The first-order valence-electron chi connectivity index (χ1n) is 7.86. The Morgan fingerprint density at radius 3 is 2.43 bits per heavy atom. The fourth-order valence-electron chi connectivity index (χ4n) is 3.37. The van der Waals surface area contributed by atoms with Crippen molar-refractivity contribution < 1.29 is 9.47 Å². The number of aryl methyl sites for hydroxylation is 2. The van der Waals surface area contributed by atoms with Gasteiger partial charge >= 0.3 is 0 Å². The lowest BCUT2D eigenvalue weighted by Gasteiger charge is -2.43. The number of hydrogen-bond donors (Lipinski definition) is 2. The summed E-state index contributed by atoms with van der Waals surface area (Å²) in [5, 5.41) is 0. The maximum Gasteiger partial charge on any atom is 0.0895 e. The molecule has 0 spiro atoms. The summed E-state index contributed by atoms with van der Waals surface area (Å²) in [5.41, 5.74) is 6.79. The number of rotatable bonds is 6. The van der Waals surface area contributed by atoms with Gasteiger partial charge in [0, 0.05) is 32.7 Å². The van der Waals surface area contributed by atoms with Gasteiger partial charge in [0.2, 0.25) is 0 Å². The minimum atomic E-state index is -0.226. The molecule has 1 atom stereocenters. The van der Waals surface area contributed by atoms with E-state index in [1.54, 1.807) is 0 Å². The summed E-state index contributed by atoms with van der Waals surface area (Å²) in [7, 11) is 0. The zero-order chi connectivity index (χ0) is 15.3. The lowest BCUT2D eigenvalue weighted by molar-refractivity contribution is -0.126. The van der Waals surface area contributed by atoms with E-state index in [9.17, 15) is 0 Å². The molecule has 2 rings (SSSR count). The van der Waals surface area contributed by atoms with E-state index < -0.39 is 0 Å². The molecule has 4 heteroatoms. The number of ether oxygens (including phenoxy) is 2. The minimum absolute atomic E-state index is 0.0983.